The molecular weight excluding hydrogens is 206 g/mol. The second kappa shape index (κ2) is 5.02. The third kappa shape index (κ3) is 4.88. The molecule has 14 heavy (non-hydrogen) atoms. The fraction of sp³-hybridized carbons (Fsp3) is 0.857. The number of amides is 1. The summed E-state index contributed by atoms with van der Waals surface area (Å²) in [7, 11) is 0. The highest BCUT2D eigenvalue weighted by Gasteiger charge is 2.41. The number of alkyl halides is 4. The number of alkyl carbamates (subject to hydrolysis) is 1. The maximum absolute atomic E-state index is 12.2. The van der Waals surface area contributed by atoms with Gasteiger partial charge in [-0.05, 0) is 13.8 Å². The topological polar surface area (TPSA) is 38.3 Å². The van der Waals surface area contributed by atoms with Gasteiger partial charge < -0.3 is 10.1 Å². The van der Waals surface area contributed by atoms with Crippen molar-refractivity contribution >= 4 is 6.09 Å². The smallest absolute Gasteiger partial charge is 0.407 e. The Balaban J connectivity index is 3.88. The molecule has 1 amide bonds. The largest absolute Gasteiger partial charge is 0.447 e. The van der Waals surface area contributed by atoms with Crippen LogP contribution >= 0.6 is 0 Å². The molecule has 0 fully saturated rings. The molecule has 3 nitrogen and oxygen atoms in total. The van der Waals surface area contributed by atoms with Gasteiger partial charge in [-0.1, -0.05) is 0 Å². The van der Waals surface area contributed by atoms with Crippen molar-refractivity contribution in [1.29, 1.82) is 0 Å². The normalized spacial score (nSPS) is 12.0. The van der Waals surface area contributed by atoms with Gasteiger partial charge in [0.15, 0.2) is 0 Å². The van der Waals surface area contributed by atoms with Crippen molar-refractivity contribution in [3.63, 3.8) is 0 Å². The van der Waals surface area contributed by atoms with Gasteiger partial charge in [-0.2, -0.15) is 8.78 Å². The van der Waals surface area contributed by atoms with Crippen LogP contribution in [0.5, 0.6) is 0 Å². The first kappa shape index (κ1) is 13.0. The predicted molar refractivity (Wildman–Crippen MR) is 40.6 cm³/mol. The highest BCUT2D eigenvalue weighted by Crippen LogP contribution is 2.21. The van der Waals surface area contributed by atoms with Crippen molar-refractivity contribution in [1.82, 2.24) is 5.32 Å². The van der Waals surface area contributed by atoms with Crippen LogP contribution < -0.4 is 5.32 Å². The van der Waals surface area contributed by atoms with E-state index in [1.54, 1.807) is 5.32 Å². The Morgan fingerprint density at radius 1 is 1.43 bits per heavy atom. The summed E-state index contributed by atoms with van der Waals surface area (Å²) < 4.78 is 52.0. The highest BCUT2D eigenvalue weighted by atomic mass is 19.3. The molecule has 0 aliphatic heterocycles. The summed E-state index contributed by atoms with van der Waals surface area (Å²) in [6.45, 7) is 1.58. The van der Waals surface area contributed by atoms with Gasteiger partial charge in [0, 0.05) is 0 Å². The number of rotatable bonds is 4. The van der Waals surface area contributed by atoms with Crippen LogP contribution in [0.1, 0.15) is 13.8 Å². The lowest BCUT2D eigenvalue weighted by Crippen LogP contribution is -2.42. The van der Waals surface area contributed by atoms with E-state index >= 15 is 0 Å². The highest BCUT2D eigenvalue weighted by molar-refractivity contribution is 5.67. The average molecular weight is 217 g/mol. The zero-order chi connectivity index (χ0) is 11.4. The number of nitrogens with one attached hydrogen (secondary N) is 1. The van der Waals surface area contributed by atoms with Crippen LogP contribution in [0.2, 0.25) is 0 Å². The Labute approximate surface area is 78.4 Å². The number of ether oxygens (including phenoxy) is 1. The lowest BCUT2D eigenvalue weighted by atomic mass is 10.3. The van der Waals surface area contributed by atoms with E-state index < -0.39 is 31.1 Å². The van der Waals surface area contributed by atoms with Crippen molar-refractivity contribution in [3.8, 4) is 0 Å². The molecule has 1 N–H and O–H groups in total. The molecule has 0 spiro atoms. The van der Waals surface area contributed by atoms with E-state index in [2.05, 4.69) is 4.74 Å². The Morgan fingerprint density at radius 3 is 2.29 bits per heavy atom. The fourth-order valence-corrected chi connectivity index (χ4v) is 0.523. The van der Waals surface area contributed by atoms with Crippen molar-refractivity contribution in [2.24, 2.45) is 0 Å². The summed E-state index contributed by atoms with van der Waals surface area (Å²) in [6, 6.07) is 0. The second-order valence-electron chi connectivity index (χ2n) is 2.87. The van der Waals surface area contributed by atoms with Crippen LogP contribution in [0.25, 0.3) is 0 Å². The minimum absolute atomic E-state index is 0.491. The van der Waals surface area contributed by atoms with Crippen molar-refractivity contribution in [2.45, 2.75) is 32.3 Å². The first-order valence-electron chi connectivity index (χ1n) is 3.86. The molecule has 0 atom stereocenters. The number of hydrogen-bond acceptors (Lipinski definition) is 2. The van der Waals surface area contributed by atoms with Gasteiger partial charge in [0.2, 0.25) is 0 Å². The van der Waals surface area contributed by atoms with E-state index in [1.165, 1.54) is 13.8 Å². The van der Waals surface area contributed by atoms with E-state index in [1.807, 2.05) is 0 Å². The summed E-state index contributed by atoms with van der Waals surface area (Å²) in [5.41, 5.74) is 0. The molecular formula is C7H11F4NO2. The maximum atomic E-state index is 12.2. The first-order valence-corrected chi connectivity index (χ1v) is 3.86. The molecule has 0 aromatic rings. The average Bonchev–Trinajstić information content (AvgIpc) is 1.99. The Bertz CT molecular complexity index is 196. The number of halogens is 4. The molecule has 0 rings (SSSR count). The van der Waals surface area contributed by atoms with Crippen molar-refractivity contribution in [3.05, 3.63) is 0 Å². The van der Waals surface area contributed by atoms with Gasteiger partial charge in [-0.15, -0.1) is 0 Å². The third-order valence-corrected chi connectivity index (χ3v) is 1.13. The van der Waals surface area contributed by atoms with Crippen LogP contribution in [-0.4, -0.2) is 31.1 Å². The summed E-state index contributed by atoms with van der Waals surface area (Å²) in [5.74, 6) is -4.23. The minimum atomic E-state index is -4.23. The Kier molecular flexibility index (Phi) is 4.65. The maximum Gasteiger partial charge on any atom is 0.407 e. The third-order valence-electron chi connectivity index (χ3n) is 1.13. The van der Waals surface area contributed by atoms with E-state index in [9.17, 15) is 22.4 Å². The van der Waals surface area contributed by atoms with Crippen LogP contribution in [0.15, 0.2) is 0 Å². The van der Waals surface area contributed by atoms with Crippen LogP contribution in [0.4, 0.5) is 22.4 Å². The molecule has 0 aliphatic carbocycles. The molecule has 0 saturated carbocycles. The SMILES string of the molecule is CC(C)OC(=O)NCC(F)(F)C(F)F. The van der Waals surface area contributed by atoms with Crippen LogP contribution in [0.3, 0.4) is 0 Å². The molecule has 0 saturated heterocycles. The number of carbonyl (C=O) groups excluding carboxylic acids is 1. The summed E-state index contributed by atoms with van der Waals surface area (Å²) >= 11 is 0. The standard InChI is InChI=1S/C7H11F4NO2/c1-4(2)14-6(13)12-3-7(10,11)5(8)9/h4-5H,3H2,1-2H3,(H,12,13). The van der Waals surface area contributed by atoms with Crippen LogP contribution in [-0.2, 0) is 4.74 Å². The van der Waals surface area contributed by atoms with Gasteiger partial charge in [0.05, 0.1) is 12.6 Å². The van der Waals surface area contributed by atoms with Gasteiger partial charge >= 0.3 is 18.4 Å². The predicted octanol–water partition coefficient (Wildman–Crippen LogP) is 2.02. The van der Waals surface area contributed by atoms with E-state index in [-0.39, 0.29) is 0 Å². The van der Waals surface area contributed by atoms with Gasteiger partial charge in [0.1, 0.15) is 0 Å². The Morgan fingerprint density at radius 2 is 1.93 bits per heavy atom. The first-order chi connectivity index (χ1) is 6.25. The monoisotopic (exact) mass is 217 g/mol. The molecule has 0 aliphatic rings. The number of hydrogen-bond donors (Lipinski definition) is 1. The molecule has 7 heteroatoms. The van der Waals surface area contributed by atoms with Crippen molar-refractivity contribution < 1.29 is 27.1 Å². The minimum Gasteiger partial charge on any atom is -0.447 e. The van der Waals surface area contributed by atoms with E-state index in [4.69, 9.17) is 0 Å². The van der Waals surface area contributed by atoms with Gasteiger partial charge in [0.25, 0.3) is 0 Å². The lowest BCUT2D eigenvalue weighted by molar-refractivity contribution is -0.124. The van der Waals surface area contributed by atoms with Gasteiger partial charge in [-0.3, -0.25) is 0 Å². The van der Waals surface area contributed by atoms with E-state index in [0.29, 0.717) is 0 Å². The molecule has 0 aromatic carbocycles. The second-order valence-corrected chi connectivity index (χ2v) is 2.87. The Hall–Kier alpha value is -1.01. The molecule has 84 valence electrons. The zero-order valence-corrected chi connectivity index (χ0v) is 7.69. The lowest BCUT2D eigenvalue weighted by Gasteiger charge is -2.16. The molecule has 0 bridgehead atoms. The quantitative estimate of drug-likeness (QED) is 0.731. The van der Waals surface area contributed by atoms with Crippen molar-refractivity contribution in [2.75, 3.05) is 6.54 Å². The summed E-state index contributed by atoms with van der Waals surface area (Å²) in [4.78, 5) is 10.6. The molecule has 0 radical (unpaired) electrons. The number of carbonyl (C=O) groups is 1. The van der Waals surface area contributed by atoms with Crippen LogP contribution in [0, 0.1) is 0 Å². The molecule has 0 heterocycles. The summed E-state index contributed by atoms with van der Waals surface area (Å²) in [5, 5.41) is 1.54. The summed E-state index contributed by atoms with van der Waals surface area (Å²) in [6.07, 6.45) is -5.43. The zero-order valence-electron chi connectivity index (χ0n) is 7.69. The van der Waals surface area contributed by atoms with Gasteiger partial charge in [-0.25, -0.2) is 13.6 Å². The fourth-order valence-electron chi connectivity index (χ4n) is 0.523. The molecule has 0 unspecified atom stereocenters. The molecule has 0 aromatic heterocycles. The van der Waals surface area contributed by atoms with E-state index in [0.717, 1.165) is 0 Å².